The molecular weight excluding hydrogens is 299 g/mol. The lowest BCUT2D eigenvalue weighted by Gasteiger charge is -2.12. The molecule has 0 bridgehead atoms. The van der Waals surface area contributed by atoms with E-state index in [4.69, 9.17) is 4.74 Å². The highest BCUT2D eigenvalue weighted by atomic mass is 19.1. The number of hydrogen-bond donors (Lipinski definition) is 3. The second-order valence-electron chi connectivity index (χ2n) is 4.98. The molecule has 0 heterocycles. The third-order valence-corrected chi connectivity index (χ3v) is 3.25. The first-order chi connectivity index (χ1) is 11.1. The number of methoxy groups -OCH3 is 1. The minimum atomic E-state index is -0.647. The van der Waals surface area contributed by atoms with E-state index in [1.54, 1.807) is 0 Å². The topological polar surface area (TPSA) is 70.6 Å². The summed E-state index contributed by atoms with van der Waals surface area (Å²) in [5, 5.41) is 15.1. The highest BCUT2D eigenvalue weighted by Gasteiger charge is 2.09. The summed E-state index contributed by atoms with van der Waals surface area (Å²) in [6.45, 7) is 0.286. The maximum absolute atomic E-state index is 13.3. The quantitative estimate of drug-likeness (QED) is 0.766. The molecule has 122 valence electrons. The first-order valence-corrected chi connectivity index (χ1v) is 7.21. The Balaban J connectivity index is 1.80. The lowest BCUT2D eigenvalue weighted by molar-refractivity contribution is 0.167. The summed E-state index contributed by atoms with van der Waals surface area (Å²) in [5.41, 5.74) is 1.09. The van der Waals surface area contributed by atoms with Crippen molar-refractivity contribution in [2.24, 2.45) is 0 Å². The van der Waals surface area contributed by atoms with Crippen LogP contribution in [0.25, 0.3) is 0 Å². The largest absolute Gasteiger partial charge is 0.497 e. The molecule has 3 N–H and O–H groups in total. The van der Waals surface area contributed by atoms with Crippen LogP contribution < -0.4 is 15.4 Å². The van der Waals surface area contributed by atoms with Gasteiger partial charge in [-0.1, -0.05) is 30.3 Å². The molecule has 0 radical (unpaired) electrons. The molecule has 0 aromatic heterocycles. The first kappa shape index (κ1) is 16.8. The van der Waals surface area contributed by atoms with Crippen LogP contribution in [-0.4, -0.2) is 24.8 Å². The molecule has 2 aromatic carbocycles. The molecular formula is C17H19FN2O3. The van der Waals surface area contributed by atoms with Gasteiger partial charge < -0.3 is 20.5 Å². The lowest BCUT2D eigenvalue weighted by Crippen LogP contribution is -2.30. The van der Waals surface area contributed by atoms with Crippen molar-refractivity contribution in [3.05, 3.63) is 59.9 Å². The molecule has 0 aliphatic carbocycles. The molecule has 0 fully saturated rings. The van der Waals surface area contributed by atoms with E-state index >= 15 is 0 Å². The SMILES string of the molecule is COc1cc(F)cc(NC(=O)NCCC(O)c2ccccc2)c1. The number of amides is 2. The minimum Gasteiger partial charge on any atom is -0.497 e. The summed E-state index contributed by atoms with van der Waals surface area (Å²) in [6.07, 6.45) is -0.269. The Morgan fingerprint density at radius 2 is 2.00 bits per heavy atom. The number of halogens is 1. The molecule has 1 unspecified atom stereocenters. The van der Waals surface area contributed by atoms with Gasteiger partial charge in [0.2, 0.25) is 0 Å². The number of aliphatic hydroxyl groups excluding tert-OH is 1. The Bertz CT molecular complexity index is 650. The molecule has 5 nitrogen and oxygen atoms in total. The van der Waals surface area contributed by atoms with Crippen LogP contribution in [0.4, 0.5) is 14.9 Å². The van der Waals surface area contributed by atoms with Crippen molar-refractivity contribution in [2.45, 2.75) is 12.5 Å². The van der Waals surface area contributed by atoms with Crippen LogP contribution >= 0.6 is 0 Å². The van der Waals surface area contributed by atoms with Gasteiger partial charge >= 0.3 is 6.03 Å². The van der Waals surface area contributed by atoms with Gasteiger partial charge in [0.1, 0.15) is 11.6 Å². The van der Waals surface area contributed by atoms with Gasteiger partial charge in [-0.05, 0) is 18.1 Å². The summed E-state index contributed by atoms with van der Waals surface area (Å²) in [5.74, 6) is -0.182. The smallest absolute Gasteiger partial charge is 0.319 e. The van der Waals surface area contributed by atoms with Gasteiger partial charge in [-0.3, -0.25) is 0 Å². The Kier molecular flexibility index (Phi) is 5.94. The number of hydrogen-bond acceptors (Lipinski definition) is 3. The van der Waals surface area contributed by atoms with Crippen molar-refractivity contribution in [1.82, 2.24) is 5.32 Å². The zero-order chi connectivity index (χ0) is 16.7. The maximum Gasteiger partial charge on any atom is 0.319 e. The summed E-state index contributed by atoms with van der Waals surface area (Å²) in [6, 6.07) is 12.7. The summed E-state index contributed by atoms with van der Waals surface area (Å²) < 4.78 is 18.3. The predicted molar refractivity (Wildman–Crippen MR) is 86.0 cm³/mol. The zero-order valence-electron chi connectivity index (χ0n) is 12.8. The van der Waals surface area contributed by atoms with Crippen LogP contribution in [0, 0.1) is 5.82 Å². The van der Waals surface area contributed by atoms with Crippen molar-refractivity contribution in [3.8, 4) is 5.75 Å². The van der Waals surface area contributed by atoms with Crippen molar-refractivity contribution < 1.29 is 19.0 Å². The summed E-state index contributed by atoms with van der Waals surface area (Å²) in [7, 11) is 1.42. The van der Waals surface area contributed by atoms with Crippen LogP contribution in [0.2, 0.25) is 0 Å². The molecule has 1 atom stereocenters. The van der Waals surface area contributed by atoms with E-state index < -0.39 is 18.0 Å². The minimum absolute atomic E-state index is 0.286. The molecule has 0 saturated carbocycles. The second kappa shape index (κ2) is 8.14. The lowest BCUT2D eigenvalue weighted by atomic mass is 10.1. The molecule has 2 rings (SSSR count). The predicted octanol–water partition coefficient (Wildman–Crippen LogP) is 3.08. The number of benzene rings is 2. The molecule has 23 heavy (non-hydrogen) atoms. The van der Waals surface area contributed by atoms with Gasteiger partial charge in [0, 0.05) is 24.4 Å². The standard InChI is InChI=1S/C17H19FN2O3/c1-23-15-10-13(18)9-14(11-15)20-17(22)19-8-7-16(21)12-5-3-2-4-6-12/h2-6,9-11,16,21H,7-8H2,1H3,(H2,19,20,22). The fourth-order valence-corrected chi connectivity index (χ4v) is 2.09. The van der Waals surface area contributed by atoms with Crippen LogP contribution in [0.3, 0.4) is 0 Å². The van der Waals surface area contributed by atoms with E-state index in [0.717, 1.165) is 5.56 Å². The summed E-state index contributed by atoms with van der Waals surface area (Å²) in [4.78, 5) is 11.8. The number of ether oxygens (including phenoxy) is 1. The molecule has 6 heteroatoms. The molecule has 2 aromatic rings. The van der Waals surface area contributed by atoms with Crippen molar-refractivity contribution >= 4 is 11.7 Å². The van der Waals surface area contributed by atoms with E-state index in [9.17, 15) is 14.3 Å². The van der Waals surface area contributed by atoms with Gasteiger partial charge in [-0.15, -0.1) is 0 Å². The molecule has 0 aliphatic rings. The fourth-order valence-electron chi connectivity index (χ4n) is 2.09. The fraction of sp³-hybridized carbons (Fsp3) is 0.235. The number of rotatable bonds is 6. The molecule has 0 saturated heterocycles. The zero-order valence-corrected chi connectivity index (χ0v) is 12.8. The number of carbonyl (C=O) groups is 1. The van der Waals surface area contributed by atoms with Gasteiger partial charge in [-0.2, -0.15) is 0 Å². The number of nitrogens with one attached hydrogen (secondary N) is 2. The molecule has 0 spiro atoms. The highest BCUT2D eigenvalue weighted by Crippen LogP contribution is 2.19. The van der Waals surface area contributed by atoms with Crippen LogP contribution in [0.5, 0.6) is 5.75 Å². The third-order valence-electron chi connectivity index (χ3n) is 3.25. The van der Waals surface area contributed by atoms with Crippen LogP contribution in [0.1, 0.15) is 18.1 Å². The van der Waals surface area contributed by atoms with Crippen molar-refractivity contribution in [1.29, 1.82) is 0 Å². The van der Waals surface area contributed by atoms with E-state index in [1.165, 1.54) is 25.3 Å². The van der Waals surface area contributed by atoms with E-state index in [2.05, 4.69) is 10.6 Å². The number of anilines is 1. The Labute approximate surface area is 134 Å². The number of aliphatic hydroxyl groups is 1. The highest BCUT2D eigenvalue weighted by molar-refractivity contribution is 5.89. The second-order valence-corrected chi connectivity index (χ2v) is 4.98. The number of carbonyl (C=O) groups excluding carboxylic acids is 1. The maximum atomic E-state index is 13.3. The normalized spacial score (nSPS) is 11.6. The number of urea groups is 1. The monoisotopic (exact) mass is 318 g/mol. The third kappa shape index (κ3) is 5.27. The van der Waals surface area contributed by atoms with E-state index in [0.29, 0.717) is 17.9 Å². The molecule has 0 aliphatic heterocycles. The Hall–Kier alpha value is -2.60. The van der Waals surface area contributed by atoms with Gasteiger partial charge in [0.15, 0.2) is 0 Å². The van der Waals surface area contributed by atoms with Crippen LogP contribution in [-0.2, 0) is 0 Å². The van der Waals surface area contributed by atoms with E-state index in [-0.39, 0.29) is 6.54 Å². The van der Waals surface area contributed by atoms with E-state index in [1.807, 2.05) is 30.3 Å². The van der Waals surface area contributed by atoms with Gasteiger partial charge in [-0.25, -0.2) is 9.18 Å². The first-order valence-electron chi connectivity index (χ1n) is 7.21. The Morgan fingerprint density at radius 3 is 2.70 bits per heavy atom. The Morgan fingerprint density at radius 1 is 1.26 bits per heavy atom. The van der Waals surface area contributed by atoms with Gasteiger partial charge in [0.25, 0.3) is 0 Å². The van der Waals surface area contributed by atoms with Crippen molar-refractivity contribution in [3.63, 3.8) is 0 Å². The summed E-state index contributed by atoms with van der Waals surface area (Å²) >= 11 is 0. The van der Waals surface area contributed by atoms with Crippen LogP contribution in [0.15, 0.2) is 48.5 Å². The molecule has 2 amide bonds. The average Bonchev–Trinajstić information content (AvgIpc) is 2.54. The van der Waals surface area contributed by atoms with Crippen molar-refractivity contribution in [2.75, 3.05) is 19.0 Å². The average molecular weight is 318 g/mol. The van der Waals surface area contributed by atoms with Gasteiger partial charge in [0.05, 0.1) is 13.2 Å².